The molecule has 0 spiro atoms. The zero-order valence-corrected chi connectivity index (χ0v) is 20.2. The summed E-state index contributed by atoms with van der Waals surface area (Å²) in [6, 6.07) is 6.20. The van der Waals surface area contributed by atoms with E-state index in [1.165, 1.54) is 25.7 Å². The molecule has 2 saturated carbocycles. The van der Waals surface area contributed by atoms with Crippen LogP contribution in [0.1, 0.15) is 50.7 Å². The van der Waals surface area contributed by atoms with Gasteiger partial charge < -0.3 is 10.6 Å². The third-order valence-electron chi connectivity index (χ3n) is 8.25. The van der Waals surface area contributed by atoms with Crippen LogP contribution in [-0.4, -0.2) is 66.4 Å². The third kappa shape index (κ3) is 5.18. The maximum atomic E-state index is 12.9. The molecule has 1 heterocycles. The predicted molar refractivity (Wildman–Crippen MR) is 129 cm³/mol. The zero-order valence-electron chi connectivity index (χ0n) is 20.2. The fourth-order valence-electron chi connectivity index (χ4n) is 6.23. The van der Waals surface area contributed by atoms with Gasteiger partial charge in [-0.2, -0.15) is 0 Å². The Morgan fingerprint density at radius 1 is 1.03 bits per heavy atom. The summed E-state index contributed by atoms with van der Waals surface area (Å²) < 4.78 is 0. The van der Waals surface area contributed by atoms with Crippen molar-refractivity contribution in [3.8, 4) is 0 Å². The lowest BCUT2D eigenvalue weighted by Gasteiger charge is -2.38. The van der Waals surface area contributed by atoms with Crippen LogP contribution in [0.25, 0.3) is 0 Å². The van der Waals surface area contributed by atoms with Crippen LogP contribution in [-0.2, 0) is 9.59 Å². The summed E-state index contributed by atoms with van der Waals surface area (Å²) in [5.41, 5.74) is 3.09. The average Bonchev–Trinajstić information content (AvgIpc) is 3.40. The van der Waals surface area contributed by atoms with Crippen molar-refractivity contribution in [2.24, 2.45) is 17.8 Å². The molecule has 6 heteroatoms. The number of nitrogens with one attached hydrogen (secondary N) is 2. The topological polar surface area (TPSA) is 64.7 Å². The molecular formula is C26H40N4O2. The van der Waals surface area contributed by atoms with Gasteiger partial charge in [-0.15, -0.1) is 0 Å². The second-order valence-electron chi connectivity index (χ2n) is 10.4. The van der Waals surface area contributed by atoms with E-state index in [1.807, 2.05) is 39.0 Å². The highest BCUT2D eigenvalue weighted by Gasteiger charge is 2.42. The Bertz CT molecular complexity index is 813. The minimum atomic E-state index is -0.123. The maximum absolute atomic E-state index is 12.9. The molecule has 0 radical (unpaired) electrons. The Morgan fingerprint density at radius 3 is 2.31 bits per heavy atom. The second-order valence-corrected chi connectivity index (χ2v) is 10.4. The molecule has 0 aromatic heterocycles. The molecule has 1 aromatic carbocycles. The highest BCUT2D eigenvalue weighted by atomic mass is 16.2. The molecular weight excluding hydrogens is 400 g/mol. The molecule has 6 nitrogen and oxygen atoms in total. The number of anilines is 1. The number of aryl methyl sites for hydroxylation is 2. The van der Waals surface area contributed by atoms with Crippen LogP contribution in [0.2, 0.25) is 0 Å². The molecule has 2 N–H and O–H groups in total. The monoisotopic (exact) mass is 440 g/mol. The largest absolute Gasteiger partial charge is 0.352 e. The van der Waals surface area contributed by atoms with Crippen molar-refractivity contribution in [1.29, 1.82) is 0 Å². The summed E-state index contributed by atoms with van der Waals surface area (Å²) in [5.74, 6) is 2.57. The van der Waals surface area contributed by atoms with E-state index in [4.69, 9.17) is 0 Å². The summed E-state index contributed by atoms with van der Waals surface area (Å²) >= 11 is 0. The van der Waals surface area contributed by atoms with E-state index in [0.717, 1.165) is 54.8 Å². The van der Waals surface area contributed by atoms with Crippen molar-refractivity contribution >= 4 is 17.5 Å². The first kappa shape index (κ1) is 23.2. The normalized spacial score (nSPS) is 27.8. The number of para-hydroxylation sites is 1. The van der Waals surface area contributed by atoms with Gasteiger partial charge in [0.15, 0.2) is 0 Å². The predicted octanol–water partition coefficient (Wildman–Crippen LogP) is 3.19. The van der Waals surface area contributed by atoms with Gasteiger partial charge in [0.1, 0.15) is 0 Å². The Balaban J connectivity index is 1.20. The van der Waals surface area contributed by atoms with Crippen LogP contribution in [0, 0.1) is 31.6 Å². The van der Waals surface area contributed by atoms with E-state index < -0.39 is 0 Å². The number of hydrogen-bond donors (Lipinski definition) is 2. The molecule has 32 heavy (non-hydrogen) atoms. The quantitative estimate of drug-likeness (QED) is 0.684. The van der Waals surface area contributed by atoms with Gasteiger partial charge in [-0.25, -0.2) is 0 Å². The van der Waals surface area contributed by atoms with Crippen LogP contribution in [0.3, 0.4) is 0 Å². The first-order chi connectivity index (χ1) is 15.3. The second kappa shape index (κ2) is 9.92. The van der Waals surface area contributed by atoms with Crippen molar-refractivity contribution in [2.75, 3.05) is 38.0 Å². The fraction of sp³-hybridized carbons (Fsp3) is 0.692. The van der Waals surface area contributed by atoms with Crippen LogP contribution in [0.4, 0.5) is 5.69 Å². The molecule has 5 atom stereocenters. The number of carbonyl (C=O) groups excluding carboxylic acids is 2. The van der Waals surface area contributed by atoms with Crippen molar-refractivity contribution in [3.63, 3.8) is 0 Å². The lowest BCUT2D eigenvalue weighted by molar-refractivity contribution is -0.128. The lowest BCUT2D eigenvalue weighted by Crippen LogP contribution is -2.56. The summed E-state index contributed by atoms with van der Waals surface area (Å²) in [6.45, 7) is 11.9. The van der Waals surface area contributed by atoms with Crippen LogP contribution >= 0.6 is 0 Å². The summed E-state index contributed by atoms with van der Waals surface area (Å²) in [7, 11) is 0. The van der Waals surface area contributed by atoms with Crippen molar-refractivity contribution in [2.45, 2.75) is 65.5 Å². The van der Waals surface area contributed by atoms with Gasteiger partial charge in [0, 0.05) is 37.9 Å². The standard InChI is InChI=1S/C26H40N4O2/c1-17-6-5-7-18(2)25(17)28-24(31)16-29-10-12-30(13-11-29)20(4)26(32)27-19(3)23-15-21-8-9-22(23)14-21/h5-7,19-23H,8-16H2,1-4H3,(H,27,32)(H,28,31). The van der Waals surface area contributed by atoms with Crippen molar-refractivity contribution in [3.05, 3.63) is 29.3 Å². The number of hydrogen-bond acceptors (Lipinski definition) is 4. The van der Waals surface area contributed by atoms with E-state index in [0.29, 0.717) is 12.5 Å². The van der Waals surface area contributed by atoms with Gasteiger partial charge in [0.25, 0.3) is 0 Å². The van der Waals surface area contributed by atoms with Gasteiger partial charge >= 0.3 is 0 Å². The molecule has 3 aliphatic rings. The Kier molecular flexibility index (Phi) is 7.21. The number of amides is 2. The third-order valence-corrected chi connectivity index (χ3v) is 8.25. The number of carbonyl (C=O) groups is 2. The van der Waals surface area contributed by atoms with E-state index in [2.05, 4.69) is 27.4 Å². The first-order valence-electron chi connectivity index (χ1n) is 12.4. The molecule has 2 amide bonds. The highest BCUT2D eigenvalue weighted by molar-refractivity contribution is 5.93. The molecule has 2 aliphatic carbocycles. The molecule has 2 bridgehead atoms. The number of rotatable bonds is 7. The lowest BCUT2D eigenvalue weighted by atomic mass is 9.84. The zero-order chi connectivity index (χ0) is 22.8. The summed E-state index contributed by atoms with van der Waals surface area (Å²) in [4.78, 5) is 29.9. The Morgan fingerprint density at radius 2 is 1.72 bits per heavy atom. The van der Waals surface area contributed by atoms with Crippen molar-refractivity contribution < 1.29 is 9.59 Å². The molecule has 3 fully saturated rings. The fourth-order valence-corrected chi connectivity index (χ4v) is 6.23. The minimum Gasteiger partial charge on any atom is -0.352 e. The van der Waals surface area contributed by atoms with Gasteiger partial charge in [0.05, 0.1) is 12.6 Å². The van der Waals surface area contributed by atoms with Gasteiger partial charge in [-0.05, 0) is 75.8 Å². The van der Waals surface area contributed by atoms with Crippen LogP contribution in [0.5, 0.6) is 0 Å². The summed E-state index contributed by atoms with van der Waals surface area (Å²) in [6.07, 6.45) is 5.41. The first-order valence-corrected chi connectivity index (χ1v) is 12.4. The molecule has 176 valence electrons. The van der Waals surface area contributed by atoms with E-state index in [1.54, 1.807) is 0 Å². The number of nitrogens with zero attached hydrogens (tertiary/aromatic N) is 2. The van der Waals surface area contributed by atoms with Gasteiger partial charge in [0.2, 0.25) is 11.8 Å². The van der Waals surface area contributed by atoms with Gasteiger partial charge in [-0.1, -0.05) is 24.6 Å². The summed E-state index contributed by atoms with van der Waals surface area (Å²) in [5, 5.41) is 6.41. The van der Waals surface area contributed by atoms with Crippen LogP contribution < -0.4 is 10.6 Å². The van der Waals surface area contributed by atoms with Crippen LogP contribution in [0.15, 0.2) is 18.2 Å². The molecule has 1 aliphatic heterocycles. The number of fused-ring (bicyclic) bond motifs is 2. The van der Waals surface area contributed by atoms with Gasteiger partial charge in [-0.3, -0.25) is 19.4 Å². The van der Waals surface area contributed by atoms with E-state index in [9.17, 15) is 9.59 Å². The molecule has 1 saturated heterocycles. The highest BCUT2D eigenvalue weighted by Crippen LogP contribution is 2.49. The molecule has 5 unspecified atom stereocenters. The maximum Gasteiger partial charge on any atom is 0.238 e. The van der Waals surface area contributed by atoms with E-state index in [-0.39, 0.29) is 23.9 Å². The van der Waals surface area contributed by atoms with Crippen molar-refractivity contribution in [1.82, 2.24) is 15.1 Å². The average molecular weight is 441 g/mol. The smallest absolute Gasteiger partial charge is 0.238 e. The van der Waals surface area contributed by atoms with E-state index >= 15 is 0 Å². The Hall–Kier alpha value is -1.92. The minimum absolute atomic E-state index is 0.0290. The molecule has 4 rings (SSSR count). The Labute approximate surface area is 193 Å². The molecule has 1 aromatic rings. The SMILES string of the molecule is Cc1cccc(C)c1NC(=O)CN1CCN(C(C)C(=O)NC(C)C2CC3CCC2C3)CC1. The number of piperazine rings is 1. The number of benzene rings is 1.